The average molecular weight is 989 g/mol. The highest BCUT2D eigenvalue weighted by molar-refractivity contribution is 5.70. The van der Waals surface area contributed by atoms with Gasteiger partial charge in [0.2, 0.25) is 0 Å². The van der Waals surface area contributed by atoms with E-state index in [2.05, 4.69) is 4.90 Å². The van der Waals surface area contributed by atoms with Gasteiger partial charge in [-0.25, -0.2) is 0 Å². The zero-order valence-corrected chi connectivity index (χ0v) is 42.5. The van der Waals surface area contributed by atoms with Crippen molar-refractivity contribution in [2.24, 2.45) is 11.8 Å². The van der Waals surface area contributed by atoms with Gasteiger partial charge in [-0.15, -0.1) is 0 Å². The van der Waals surface area contributed by atoms with Crippen LogP contribution in [0.15, 0.2) is 24.3 Å². The maximum atomic E-state index is 13.1. The van der Waals surface area contributed by atoms with E-state index in [4.69, 9.17) is 48.1 Å². The molecule has 0 aromatic heterocycles. The molecule has 4 aliphatic rings. The summed E-state index contributed by atoms with van der Waals surface area (Å²) in [6.45, 7) is 10.8. The third-order valence-corrected chi connectivity index (χ3v) is 13.4. The van der Waals surface area contributed by atoms with Crippen LogP contribution in [0.3, 0.4) is 0 Å². The quantitative estimate of drug-likeness (QED) is 0.0737. The number of esters is 1. The van der Waals surface area contributed by atoms with Crippen LogP contribution in [0, 0.1) is 11.8 Å². The number of aliphatic hydroxyl groups is 4. The van der Waals surface area contributed by atoms with E-state index in [1.807, 2.05) is 52.2 Å². The molecule has 4 rings (SSSR count). The fourth-order valence-corrected chi connectivity index (χ4v) is 9.65. The SMILES string of the molecule is CO[C@@H]1[C@@H](OC2OC(C)C(OC3CC(C)(O)C(O)C(C)O3)C(N(C)C)C2O)[C@@H](CC=O)C[C@@H](C)[C@@H](OC2CCC(N(C)C)C(C)O2)C=CC=CC[C@@H](C)OC(=O)C[C@H]1O.O=C(O)CCCCC(=O)O. The normalized spacial score (nSPS) is 39.6. The molecule has 20 heteroatoms. The molecule has 3 saturated heterocycles. The highest BCUT2D eigenvalue weighted by Crippen LogP contribution is 2.37. The summed E-state index contributed by atoms with van der Waals surface area (Å²) in [6, 6.07) is -0.466. The molecular weight excluding hydrogens is 905 g/mol. The Balaban J connectivity index is 0.00000113. The largest absolute Gasteiger partial charge is 0.481 e. The zero-order chi connectivity index (χ0) is 51.7. The number of allylic oxidation sites excluding steroid dienone is 2. The summed E-state index contributed by atoms with van der Waals surface area (Å²) in [5.41, 5.74) is -1.47. The minimum atomic E-state index is -1.47. The van der Waals surface area contributed by atoms with E-state index < -0.39 is 122 Å². The predicted molar refractivity (Wildman–Crippen MR) is 251 cm³/mol. The minimum absolute atomic E-state index is 0.00885. The number of methoxy groups -OCH3 is 1. The number of carbonyl (C=O) groups is 4. The monoisotopic (exact) mass is 989 g/mol. The standard InChI is InChI=1S/C43H74N2O14.C6H10O4/c1-24-21-29(19-20-46)39(59-42-37(49)36(45(9)10)38(27(4)56-42)58-35-23-43(6,51)41(50)28(5)55-35)40(52-11)31(47)22-33(48)53-25(2)15-13-12-14-16-32(24)57-34-18-17-30(44(7)8)26(3)54-34;7-5(8)3-1-2-4-6(9)10/h12-14,16,20,24-32,34-42,47,49-51H,15,17-19,21-23H2,1-11H3;1-4H2,(H,7,8)(H,9,10)/t24-,25-,26?,27?,28?,29+,30?,31-,32+,34?,35?,36?,37?,38?,39+,40+,41?,42?,43?;/m1./s1. The predicted octanol–water partition coefficient (Wildman–Crippen LogP) is 3.04. The van der Waals surface area contributed by atoms with Gasteiger partial charge in [-0.2, -0.15) is 0 Å². The summed E-state index contributed by atoms with van der Waals surface area (Å²) < 4.78 is 50.0. The van der Waals surface area contributed by atoms with E-state index in [9.17, 15) is 39.6 Å². The number of unbranched alkanes of at least 4 members (excludes halogenated alkanes) is 1. The van der Waals surface area contributed by atoms with Crippen molar-refractivity contribution in [2.75, 3.05) is 35.3 Å². The summed E-state index contributed by atoms with van der Waals surface area (Å²) in [4.78, 5) is 49.3. The number of ether oxygens (including phenoxy) is 8. The number of carbonyl (C=O) groups excluding carboxylic acids is 2. The summed E-state index contributed by atoms with van der Waals surface area (Å²) in [5.74, 6) is -3.21. The number of likely N-dealkylation sites (N-methyl/N-ethyl adjacent to an activating group) is 2. The van der Waals surface area contributed by atoms with Crippen LogP contribution in [0.2, 0.25) is 0 Å². The number of hydrogen-bond acceptors (Lipinski definition) is 18. The first-order valence-electron chi connectivity index (χ1n) is 24.3. The number of aliphatic hydroxyl groups excluding tert-OH is 3. The highest BCUT2D eigenvalue weighted by Gasteiger charge is 2.52. The summed E-state index contributed by atoms with van der Waals surface area (Å²) in [5, 5.41) is 61.3. The number of hydrogen-bond donors (Lipinski definition) is 6. The van der Waals surface area contributed by atoms with Crippen LogP contribution in [0.25, 0.3) is 0 Å². The lowest BCUT2D eigenvalue weighted by Crippen LogP contribution is -2.65. The molecule has 0 aromatic carbocycles. The Morgan fingerprint density at radius 2 is 1.46 bits per heavy atom. The van der Waals surface area contributed by atoms with E-state index >= 15 is 0 Å². The van der Waals surface area contributed by atoms with Gasteiger partial charge in [0.1, 0.15) is 36.8 Å². The molecule has 0 radical (unpaired) electrons. The number of rotatable bonds is 16. The molecule has 0 aromatic rings. The smallest absolute Gasteiger partial charge is 0.308 e. The van der Waals surface area contributed by atoms with Crippen molar-refractivity contribution in [1.82, 2.24) is 9.80 Å². The molecule has 0 bridgehead atoms. The fourth-order valence-electron chi connectivity index (χ4n) is 9.65. The van der Waals surface area contributed by atoms with E-state index in [0.29, 0.717) is 32.1 Å². The van der Waals surface area contributed by atoms with Gasteiger partial charge in [0.05, 0.1) is 54.7 Å². The first-order valence-corrected chi connectivity index (χ1v) is 24.3. The number of carboxylic acid groups (broad SMARTS) is 2. The molecular formula is C49H84N2O18. The van der Waals surface area contributed by atoms with Crippen molar-refractivity contribution in [3.8, 4) is 0 Å². The molecule has 0 aliphatic carbocycles. The molecule has 0 saturated carbocycles. The van der Waals surface area contributed by atoms with Gasteiger partial charge in [0.25, 0.3) is 0 Å². The van der Waals surface area contributed by atoms with Crippen LogP contribution in [0.4, 0.5) is 0 Å². The Hall–Kier alpha value is -2.96. The van der Waals surface area contributed by atoms with Gasteiger partial charge in [-0.3, -0.25) is 14.4 Å². The Labute approximate surface area is 408 Å². The molecule has 398 valence electrons. The highest BCUT2D eigenvalue weighted by atomic mass is 16.7. The third kappa shape index (κ3) is 18.9. The van der Waals surface area contributed by atoms with Gasteiger partial charge in [-0.1, -0.05) is 31.2 Å². The lowest BCUT2D eigenvalue weighted by atomic mass is 9.82. The Morgan fingerprint density at radius 1 is 0.826 bits per heavy atom. The number of aliphatic carboxylic acids is 2. The second-order valence-corrected chi connectivity index (χ2v) is 19.8. The number of cyclic esters (lactones) is 1. The van der Waals surface area contributed by atoms with Crippen molar-refractivity contribution in [3.63, 3.8) is 0 Å². The van der Waals surface area contributed by atoms with Crippen LogP contribution in [0.5, 0.6) is 0 Å². The Kier molecular flexibility index (Phi) is 25.3. The molecule has 69 heavy (non-hydrogen) atoms. The molecule has 0 spiro atoms. The van der Waals surface area contributed by atoms with Crippen molar-refractivity contribution >= 4 is 24.2 Å². The lowest BCUT2D eigenvalue weighted by molar-refractivity contribution is -0.344. The fraction of sp³-hybridized carbons (Fsp3) is 0.837. The van der Waals surface area contributed by atoms with E-state index in [1.165, 1.54) is 14.0 Å². The van der Waals surface area contributed by atoms with Gasteiger partial charge >= 0.3 is 17.9 Å². The molecule has 20 nitrogen and oxygen atoms in total. The third-order valence-electron chi connectivity index (χ3n) is 13.4. The van der Waals surface area contributed by atoms with Gasteiger partial charge in [0, 0.05) is 45.3 Å². The molecule has 19 atom stereocenters. The lowest BCUT2D eigenvalue weighted by Gasteiger charge is -2.50. The zero-order valence-electron chi connectivity index (χ0n) is 42.5. The van der Waals surface area contributed by atoms with Gasteiger partial charge in [-0.05, 0) is 107 Å². The summed E-state index contributed by atoms with van der Waals surface area (Å²) >= 11 is 0. The molecule has 12 unspecified atom stereocenters. The molecule has 0 amide bonds. The van der Waals surface area contributed by atoms with Crippen molar-refractivity contribution in [2.45, 2.75) is 216 Å². The number of carboxylic acids is 2. The minimum Gasteiger partial charge on any atom is -0.481 e. The second kappa shape index (κ2) is 28.9. The van der Waals surface area contributed by atoms with E-state index in [0.717, 1.165) is 12.7 Å². The van der Waals surface area contributed by atoms with Gasteiger partial charge in [0.15, 0.2) is 18.9 Å². The second-order valence-electron chi connectivity index (χ2n) is 19.8. The van der Waals surface area contributed by atoms with Crippen LogP contribution < -0.4 is 0 Å². The number of aldehydes is 1. The van der Waals surface area contributed by atoms with Crippen molar-refractivity contribution in [3.05, 3.63) is 24.3 Å². The molecule has 4 aliphatic heterocycles. The van der Waals surface area contributed by atoms with Crippen molar-refractivity contribution < 1.29 is 87.7 Å². The summed E-state index contributed by atoms with van der Waals surface area (Å²) in [6.07, 6.45) is -0.546. The first kappa shape index (κ1) is 60.3. The molecule has 6 N–H and O–H groups in total. The first-order chi connectivity index (χ1) is 32.4. The Bertz CT molecular complexity index is 1610. The van der Waals surface area contributed by atoms with E-state index in [-0.39, 0.29) is 43.7 Å². The average Bonchev–Trinajstić information content (AvgIpc) is 3.24. The van der Waals surface area contributed by atoms with E-state index in [1.54, 1.807) is 39.8 Å². The number of nitrogens with zero attached hydrogens (tertiary/aromatic N) is 2. The van der Waals surface area contributed by atoms with Crippen molar-refractivity contribution in [1.29, 1.82) is 0 Å². The van der Waals surface area contributed by atoms with Gasteiger partial charge < -0.3 is 83.1 Å². The van der Waals surface area contributed by atoms with Crippen LogP contribution in [-0.4, -0.2) is 204 Å². The Morgan fingerprint density at radius 3 is 2.01 bits per heavy atom. The van der Waals surface area contributed by atoms with Crippen LogP contribution in [-0.2, 0) is 57.1 Å². The maximum absolute atomic E-state index is 13.1. The van der Waals surface area contributed by atoms with Crippen LogP contribution >= 0.6 is 0 Å². The topological polar surface area (TPSA) is 270 Å². The molecule has 4 heterocycles. The summed E-state index contributed by atoms with van der Waals surface area (Å²) in [7, 11) is 9.03. The maximum Gasteiger partial charge on any atom is 0.308 e. The molecule has 3 fully saturated rings. The van der Waals surface area contributed by atoms with Crippen LogP contribution in [0.1, 0.15) is 112 Å².